The van der Waals surface area contributed by atoms with E-state index in [1.54, 1.807) is 18.9 Å². The van der Waals surface area contributed by atoms with E-state index in [9.17, 15) is 14.7 Å². The molecule has 1 fully saturated rings. The second kappa shape index (κ2) is 16.6. The number of benzene rings is 4. The van der Waals surface area contributed by atoms with Crippen LogP contribution in [0.25, 0.3) is 11.1 Å². The molecule has 8 nitrogen and oxygen atoms in total. The Bertz CT molecular complexity index is 1640. The highest BCUT2D eigenvalue weighted by Gasteiger charge is 2.38. The van der Waals surface area contributed by atoms with Gasteiger partial charge in [-0.3, -0.25) is 9.59 Å². The van der Waals surface area contributed by atoms with Crippen molar-refractivity contribution in [1.29, 1.82) is 0 Å². The summed E-state index contributed by atoms with van der Waals surface area (Å²) in [5, 5.41) is 21.3. The lowest BCUT2D eigenvalue weighted by atomic mass is 9.91. The van der Waals surface area contributed by atoms with Crippen molar-refractivity contribution in [3.05, 3.63) is 119 Å². The first-order valence-corrected chi connectivity index (χ1v) is 16.8. The maximum Gasteiger partial charge on any atom is 0.303 e. The standard InChI is InChI=1S/C38H41NO7S/c1-25-33(24-47-34-13-4-3-12-32(34)44-2)45-38(46-37(25)28-18-16-26(23-40)17-19-28)31-11-6-10-30(21-31)29-9-5-8-27(20-29)22-39-35(41)14-7-15-36(42)43/h3-6,8-13,16-21,25,33,37-38,40H,7,14-15,22-24H2,1-2H3,(H,39,41)(H,42,43)/t25-,33+,37+,38+/m1/s1. The first kappa shape index (κ1) is 34.2. The molecule has 3 N–H and O–H groups in total. The fourth-order valence-corrected chi connectivity index (χ4v) is 6.83. The van der Waals surface area contributed by atoms with Crippen molar-refractivity contribution in [2.75, 3.05) is 12.9 Å². The maximum absolute atomic E-state index is 12.2. The number of nitrogens with one attached hydrogen (secondary N) is 1. The van der Waals surface area contributed by atoms with Gasteiger partial charge in [0.25, 0.3) is 0 Å². The van der Waals surface area contributed by atoms with Crippen LogP contribution in [0.5, 0.6) is 5.75 Å². The van der Waals surface area contributed by atoms with Crippen LogP contribution < -0.4 is 10.1 Å². The summed E-state index contributed by atoms with van der Waals surface area (Å²) in [5.74, 6) is 0.514. The summed E-state index contributed by atoms with van der Waals surface area (Å²) in [6, 6.07) is 32.0. The normalized spacial score (nSPS) is 19.2. The zero-order valence-corrected chi connectivity index (χ0v) is 27.5. The van der Waals surface area contributed by atoms with Crippen molar-refractivity contribution in [2.24, 2.45) is 5.92 Å². The number of hydrogen-bond acceptors (Lipinski definition) is 7. The van der Waals surface area contributed by atoms with E-state index in [-0.39, 0.29) is 43.5 Å². The molecule has 1 aliphatic heterocycles. The molecule has 0 saturated carbocycles. The molecule has 1 amide bonds. The monoisotopic (exact) mass is 655 g/mol. The zero-order valence-electron chi connectivity index (χ0n) is 26.6. The van der Waals surface area contributed by atoms with Gasteiger partial charge >= 0.3 is 5.97 Å². The fraction of sp³-hybridized carbons (Fsp3) is 0.316. The van der Waals surface area contributed by atoms with Crippen LogP contribution >= 0.6 is 11.8 Å². The molecule has 9 heteroatoms. The van der Waals surface area contributed by atoms with Gasteiger partial charge < -0.3 is 29.7 Å². The lowest BCUT2D eigenvalue weighted by molar-refractivity contribution is -0.268. The summed E-state index contributed by atoms with van der Waals surface area (Å²) >= 11 is 1.70. The lowest BCUT2D eigenvalue weighted by Gasteiger charge is -2.41. The van der Waals surface area contributed by atoms with E-state index in [0.29, 0.717) is 18.7 Å². The quantitative estimate of drug-likeness (QED) is 0.121. The van der Waals surface area contributed by atoms with E-state index < -0.39 is 12.3 Å². The van der Waals surface area contributed by atoms with Crippen LogP contribution in [-0.4, -0.2) is 41.1 Å². The van der Waals surface area contributed by atoms with E-state index in [1.807, 2.05) is 84.9 Å². The van der Waals surface area contributed by atoms with Gasteiger partial charge in [0.05, 0.1) is 25.9 Å². The van der Waals surface area contributed by atoms with Gasteiger partial charge in [0.1, 0.15) is 5.75 Å². The Morgan fingerprint density at radius 3 is 2.34 bits per heavy atom. The second-order valence-electron chi connectivity index (χ2n) is 11.6. The smallest absolute Gasteiger partial charge is 0.303 e. The second-order valence-corrected chi connectivity index (χ2v) is 12.7. The molecule has 4 aromatic carbocycles. The summed E-state index contributed by atoms with van der Waals surface area (Å²) in [7, 11) is 1.68. The van der Waals surface area contributed by atoms with Crippen LogP contribution in [0.2, 0.25) is 0 Å². The van der Waals surface area contributed by atoms with Crippen LogP contribution in [0.1, 0.15) is 60.8 Å². The number of carboxylic acid groups (broad SMARTS) is 1. The van der Waals surface area contributed by atoms with Gasteiger partial charge in [-0.15, -0.1) is 11.8 Å². The van der Waals surface area contributed by atoms with Gasteiger partial charge in [-0.2, -0.15) is 0 Å². The van der Waals surface area contributed by atoms with Crippen LogP contribution in [0, 0.1) is 5.92 Å². The number of ether oxygens (including phenoxy) is 3. The number of amides is 1. The lowest BCUT2D eigenvalue weighted by Crippen LogP contribution is -2.38. The van der Waals surface area contributed by atoms with Crippen molar-refractivity contribution in [1.82, 2.24) is 5.32 Å². The highest BCUT2D eigenvalue weighted by Crippen LogP contribution is 2.44. The summed E-state index contributed by atoms with van der Waals surface area (Å²) < 4.78 is 19.0. The van der Waals surface area contributed by atoms with Crippen LogP contribution in [-0.2, 0) is 32.2 Å². The molecule has 0 bridgehead atoms. The number of para-hydroxylation sites is 1. The summed E-state index contributed by atoms with van der Waals surface area (Å²) in [4.78, 5) is 24.0. The van der Waals surface area contributed by atoms with Crippen LogP contribution in [0.3, 0.4) is 0 Å². The SMILES string of the molecule is COc1ccccc1SC[C@@H]1O[C@H](c2cccc(-c3cccc(CNC(=O)CCCC(=O)O)c3)c2)O[C@H](c2ccc(CO)cc2)[C@@H]1C. The largest absolute Gasteiger partial charge is 0.496 e. The Balaban J connectivity index is 1.35. The van der Waals surface area contributed by atoms with Crippen molar-refractivity contribution in [2.45, 2.75) is 62.7 Å². The minimum Gasteiger partial charge on any atom is -0.496 e. The highest BCUT2D eigenvalue weighted by molar-refractivity contribution is 7.99. The number of carboxylic acids is 1. The van der Waals surface area contributed by atoms with E-state index >= 15 is 0 Å². The maximum atomic E-state index is 12.2. The predicted octanol–water partition coefficient (Wildman–Crippen LogP) is 7.31. The third kappa shape index (κ3) is 9.23. The van der Waals surface area contributed by atoms with Crippen molar-refractivity contribution < 1.29 is 34.0 Å². The van der Waals surface area contributed by atoms with E-state index in [4.69, 9.17) is 19.3 Å². The number of carbonyl (C=O) groups excluding carboxylic acids is 1. The number of thioether (sulfide) groups is 1. The summed E-state index contributed by atoms with van der Waals surface area (Å²) in [6.45, 7) is 2.49. The van der Waals surface area contributed by atoms with E-state index in [1.165, 1.54) is 0 Å². The predicted molar refractivity (Wildman–Crippen MR) is 182 cm³/mol. The fourth-order valence-electron chi connectivity index (χ4n) is 5.63. The summed E-state index contributed by atoms with van der Waals surface area (Å²) in [5.41, 5.74) is 5.71. The van der Waals surface area contributed by atoms with Crippen molar-refractivity contribution in [3.63, 3.8) is 0 Å². The molecule has 47 heavy (non-hydrogen) atoms. The molecule has 1 heterocycles. The first-order valence-electron chi connectivity index (χ1n) is 15.8. The molecule has 4 atom stereocenters. The molecule has 0 radical (unpaired) electrons. The van der Waals surface area contributed by atoms with Gasteiger partial charge in [0.15, 0.2) is 6.29 Å². The number of aliphatic carboxylic acids is 1. The average molecular weight is 656 g/mol. The van der Waals surface area contributed by atoms with Crippen LogP contribution in [0.15, 0.2) is 102 Å². The molecule has 1 saturated heterocycles. The van der Waals surface area contributed by atoms with Gasteiger partial charge in [-0.1, -0.05) is 79.7 Å². The Morgan fingerprint density at radius 1 is 0.851 bits per heavy atom. The summed E-state index contributed by atoms with van der Waals surface area (Å²) in [6.07, 6.45) is -0.491. The molecular weight excluding hydrogens is 614 g/mol. The number of carbonyl (C=O) groups is 2. The molecule has 4 aromatic rings. The molecule has 0 spiro atoms. The zero-order chi connectivity index (χ0) is 33.2. The molecule has 0 aromatic heterocycles. The molecule has 0 aliphatic carbocycles. The molecule has 5 rings (SSSR count). The number of methoxy groups -OCH3 is 1. The number of hydrogen-bond donors (Lipinski definition) is 3. The molecule has 0 unspecified atom stereocenters. The minimum atomic E-state index is -0.902. The van der Waals surface area contributed by atoms with Crippen molar-refractivity contribution >= 4 is 23.6 Å². The number of aliphatic hydroxyl groups is 1. The third-order valence-electron chi connectivity index (χ3n) is 8.30. The van der Waals surface area contributed by atoms with Crippen LogP contribution in [0.4, 0.5) is 0 Å². The van der Waals surface area contributed by atoms with E-state index in [2.05, 4.69) is 24.4 Å². The average Bonchev–Trinajstić information content (AvgIpc) is 3.10. The van der Waals surface area contributed by atoms with Gasteiger partial charge in [-0.05, 0) is 58.5 Å². The van der Waals surface area contributed by atoms with Crippen molar-refractivity contribution in [3.8, 4) is 16.9 Å². The Morgan fingerprint density at radius 2 is 1.60 bits per heavy atom. The van der Waals surface area contributed by atoms with Gasteiger partial charge in [0.2, 0.25) is 5.91 Å². The number of aliphatic hydroxyl groups excluding tert-OH is 1. The first-order chi connectivity index (χ1) is 22.8. The van der Waals surface area contributed by atoms with Gasteiger partial charge in [-0.25, -0.2) is 0 Å². The topological polar surface area (TPSA) is 114 Å². The molecule has 246 valence electrons. The molecule has 1 aliphatic rings. The third-order valence-corrected chi connectivity index (χ3v) is 9.44. The van der Waals surface area contributed by atoms with Gasteiger partial charge in [0, 0.05) is 41.5 Å². The Labute approximate surface area is 280 Å². The number of rotatable bonds is 14. The minimum absolute atomic E-state index is 0.0155. The Hall–Kier alpha value is -4.15. The highest BCUT2D eigenvalue weighted by atomic mass is 32.2. The Kier molecular flexibility index (Phi) is 12.1. The molecular formula is C38H41NO7S. The van der Waals surface area contributed by atoms with E-state index in [0.717, 1.165) is 44.0 Å².